The molecule has 6 nitrogen and oxygen atoms in total. The number of nitriles is 1. The van der Waals surface area contributed by atoms with Crippen LogP contribution in [0.4, 0.5) is 4.39 Å². The summed E-state index contributed by atoms with van der Waals surface area (Å²) >= 11 is 6.44. The van der Waals surface area contributed by atoms with E-state index in [9.17, 15) is 14.0 Å². The molecule has 0 bridgehead atoms. The zero-order chi connectivity index (χ0) is 21.7. The minimum absolute atomic E-state index is 0.108. The Bertz CT molecular complexity index is 1070. The summed E-state index contributed by atoms with van der Waals surface area (Å²) in [6.07, 6.45) is 3.57. The van der Waals surface area contributed by atoms with E-state index in [4.69, 9.17) is 27.0 Å². The van der Waals surface area contributed by atoms with Crippen LogP contribution in [0.3, 0.4) is 0 Å². The molecule has 1 aromatic carbocycles. The summed E-state index contributed by atoms with van der Waals surface area (Å²) in [6.45, 7) is 0.428. The van der Waals surface area contributed by atoms with Crippen LogP contribution in [0.2, 0.25) is 0 Å². The molecular formula is C21H17FN2O4S2. The molecule has 0 spiro atoms. The summed E-state index contributed by atoms with van der Waals surface area (Å²) in [5.74, 6) is -0.956. The van der Waals surface area contributed by atoms with Gasteiger partial charge in [-0.15, -0.1) is 0 Å². The fourth-order valence-electron chi connectivity index (χ4n) is 2.90. The predicted molar refractivity (Wildman–Crippen MR) is 115 cm³/mol. The van der Waals surface area contributed by atoms with Gasteiger partial charge in [-0.3, -0.25) is 14.5 Å². The second kappa shape index (κ2) is 9.69. The first-order valence-corrected chi connectivity index (χ1v) is 10.4. The van der Waals surface area contributed by atoms with E-state index in [2.05, 4.69) is 0 Å². The van der Waals surface area contributed by atoms with Gasteiger partial charge in [-0.25, -0.2) is 4.39 Å². The van der Waals surface area contributed by atoms with Gasteiger partial charge in [0.25, 0.3) is 5.91 Å². The third-order valence-electron chi connectivity index (χ3n) is 4.41. The molecule has 0 radical (unpaired) electrons. The van der Waals surface area contributed by atoms with E-state index in [1.54, 1.807) is 18.2 Å². The van der Waals surface area contributed by atoms with E-state index in [0.717, 1.165) is 11.8 Å². The topological polar surface area (TPSA) is 94.5 Å². The Hall–Kier alpha value is -2.96. The number of hydrogen-bond donors (Lipinski definition) is 1. The molecule has 30 heavy (non-hydrogen) atoms. The van der Waals surface area contributed by atoms with Crippen LogP contribution < -0.4 is 0 Å². The van der Waals surface area contributed by atoms with E-state index < -0.39 is 11.8 Å². The molecular weight excluding hydrogens is 427 g/mol. The fourth-order valence-corrected chi connectivity index (χ4v) is 4.19. The molecule has 154 valence electrons. The maximum absolute atomic E-state index is 14.1. The second-order valence-electron chi connectivity index (χ2n) is 6.55. The van der Waals surface area contributed by atoms with Crippen molar-refractivity contribution in [2.24, 2.45) is 0 Å². The standard InChI is InChI=1S/C21H17FN2O4S2/c22-16-7-5-13(12-23)10-15(16)17-8-6-14(28-17)11-18-20(27)24(21(29)30-18)9-3-1-2-4-19(25)26/h5-8,10-11H,1-4,9H2,(H,25,26)/b18-11-. The number of thioether (sulfide) groups is 1. The molecule has 1 saturated heterocycles. The first-order valence-electron chi connectivity index (χ1n) is 9.16. The van der Waals surface area contributed by atoms with E-state index in [-0.39, 0.29) is 23.7 Å². The Morgan fingerprint density at radius 2 is 2.10 bits per heavy atom. The van der Waals surface area contributed by atoms with Crippen molar-refractivity contribution in [1.29, 1.82) is 5.26 Å². The number of thiocarbonyl (C=S) groups is 1. The maximum Gasteiger partial charge on any atom is 0.303 e. The molecule has 1 fully saturated rings. The minimum atomic E-state index is -0.833. The molecule has 0 atom stereocenters. The largest absolute Gasteiger partial charge is 0.481 e. The Kier molecular flexibility index (Phi) is 7.03. The number of benzene rings is 1. The highest BCUT2D eigenvalue weighted by Gasteiger charge is 2.31. The number of carbonyl (C=O) groups is 2. The number of rotatable bonds is 8. The summed E-state index contributed by atoms with van der Waals surface area (Å²) in [5, 5.41) is 17.7. The van der Waals surface area contributed by atoms with Gasteiger partial charge in [-0.1, -0.05) is 30.4 Å². The molecule has 0 aliphatic carbocycles. The number of nitrogens with zero attached hydrogens (tertiary/aromatic N) is 2. The third-order valence-corrected chi connectivity index (χ3v) is 5.78. The molecule has 0 unspecified atom stereocenters. The Balaban J connectivity index is 1.68. The molecule has 1 aliphatic rings. The number of carbonyl (C=O) groups excluding carboxylic acids is 1. The van der Waals surface area contributed by atoms with Gasteiger partial charge in [0.15, 0.2) is 0 Å². The van der Waals surface area contributed by atoms with Gasteiger partial charge in [0.05, 0.1) is 22.1 Å². The summed E-state index contributed by atoms with van der Waals surface area (Å²) in [5.41, 5.74) is 0.483. The van der Waals surface area contributed by atoms with Gasteiger partial charge in [0.2, 0.25) is 0 Å². The molecule has 2 aromatic rings. The van der Waals surface area contributed by atoms with Crippen LogP contribution >= 0.6 is 24.0 Å². The van der Waals surface area contributed by atoms with Crippen molar-refractivity contribution in [2.75, 3.05) is 6.54 Å². The summed E-state index contributed by atoms with van der Waals surface area (Å²) in [4.78, 5) is 25.1. The predicted octanol–water partition coefficient (Wildman–Crippen LogP) is 4.80. The van der Waals surface area contributed by atoms with Crippen LogP contribution in [0.15, 0.2) is 39.7 Å². The highest BCUT2D eigenvalue weighted by molar-refractivity contribution is 8.26. The van der Waals surface area contributed by atoms with Gasteiger partial charge in [0, 0.05) is 19.0 Å². The quantitative estimate of drug-likeness (QED) is 0.355. The fraction of sp³-hybridized carbons (Fsp3) is 0.238. The lowest BCUT2D eigenvalue weighted by Gasteiger charge is -2.13. The number of carboxylic acid groups (broad SMARTS) is 1. The van der Waals surface area contributed by atoms with Crippen molar-refractivity contribution >= 4 is 46.3 Å². The average Bonchev–Trinajstić information content (AvgIpc) is 3.27. The molecule has 1 aliphatic heterocycles. The monoisotopic (exact) mass is 444 g/mol. The zero-order valence-electron chi connectivity index (χ0n) is 15.8. The molecule has 2 heterocycles. The lowest BCUT2D eigenvalue weighted by atomic mass is 10.1. The van der Waals surface area contributed by atoms with Crippen LogP contribution in [-0.2, 0) is 9.59 Å². The number of carboxylic acids is 1. The van der Waals surface area contributed by atoms with Crippen LogP contribution in [0.25, 0.3) is 17.4 Å². The van der Waals surface area contributed by atoms with E-state index in [0.29, 0.717) is 46.4 Å². The van der Waals surface area contributed by atoms with Crippen molar-refractivity contribution in [3.63, 3.8) is 0 Å². The normalized spacial score (nSPS) is 15.1. The van der Waals surface area contributed by atoms with E-state index >= 15 is 0 Å². The van der Waals surface area contributed by atoms with E-state index in [1.165, 1.54) is 23.1 Å². The number of amides is 1. The van der Waals surface area contributed by atoms with Gasteiger partial charge in [-0.05, 0) is 43.2 Å². The first-order chi connectivity index (χ1) is 14.4. The first kappa shape index (κ1) is 21.7. The van der Waals surface area contributed by atoms with E-state index in [1.807, 2.05) is 6.07 Å². The minimum Gasteiger partial charge on any atom is -0.481 e. The molecule has 0 saturated carbocycles. The summed E-state index contributed by atoms with van der Waals surface area (Å²) in [7, 11) is 0. The van der Waals surface area contributed by atoms with Crippen molar-refractivity contribution < 1.29 is 23.5 Å². The number of aliphatic carboxylic acids is 1. The molecule has 1 aromatic heterocycles. The zero-order valence-corrected chi connectivity index (χ0v) is 17.4. The molecule has 9 heteroatoms. The molecule has 3 rings (SSSR count). The highest BCUT2D eigenvalue weighted by Crippen LogP contribution is 2.34. The smallest absolute Gasteiger partial charge is 0.303 e. The Labute approximate surface area is 182 Å². The average molecular weight is 445 g/mol. The summed E-state index contributed by atoms with van der Waals surface area (Å²) < 4.78 is 20.2. The van der Waals surface area contributed by atoms with Crippen LogP contribution in [-0.4, -0.2) is 32.7 Å². The van der Waals surface area contributed by atoms with Crippen LogP contribution in [0, 0.1) is 17.1 Å². The molecule has 1 amide bonds. The SMILES string of the molecule is N#Cc1ccc(F)c(-c2ccc(/C=C3\SC(=S)N(CCCCCC(=O)O)C3=O)o2)c1. The third kappa shape index (κ3) is 5.14. The van der Waals surface area contributed by atoms with Gasteiger partial charge < -0.3 is 9.52 Å². The molecule has 1 N–H and O–H groups in total. The number of furan rings is 1. The van der Waals surface area contributed by atoms with Crippen molar-refractivity contribution in [1.82, 2.24) is 4.90 Å². The maximum atomic E-state index is 14.1. The van der Waals surface area contributed by atoms with Crippen LogP contribution in [0.5, 0.6) is 0 Å². The van der Waals surface area contributed by atoms with Crippen molar-refractivity contribution in [2.45, 2.75) is 25.7 Å². The Morgan fingerprint density at radius 3 is 2.83 bits per heavy atom. The summed E-state index contributed by atoms with van der Waals surface area (Å²) in [6, 6.07) is 9.15. The Morgan fingerprint density at radius 1 is 1.30 bits per heavy atom. The van der Waals surface area contributed by atoms with Crippen molar-refractivity contribution in [3.8, 4) is 17.4 Å². The van der Waals surface area contributed by atoms with Crippen LogP contribution in [0.1, 0.15) is 37.0 Å². The second-order valence-corrected chi connectivity index (χ2v) is 8.22. The van der Waals surface area contributed by atoms with Gasteiger partial charge >= 0.3 is 5.97 Å². The lowest BCUT2D eigenvalue weighted by molar-refractivity contribution is -0.137. The van der Waals surface area contributed by atoms with Crippen molar-refractivity contribution in [3.05, 3.63) is 52.4 Å². The lowest BCUT2D eigenvalue weighted by Crippen LogP contribution is -2.29. The van der Waals surface area contributed by atoms with Gasteiger partial charge in [0.1, 0.15) is 21.7 Å². The number of unbranched alkanes of at least 4 members (excludes halogenated alkanes) is 2. The number of halogens is 1. The van der Waals surface area contributed by atoms with Gasteiger partial charge in [-0.2, -0.15) is 5.26 Å². The highest BCUT2D eigenvalue weighted by atomic mass is 32.2. The number of hydrogen-bond acceptors (Lipinski definition) is 6.